The van der Waals surface area contributed by atoms with Gasteiger partial charge in [0.25, 0.3) is 0 Å². The van der Waals surface area contributed by atoms with E-state index in [4.69, 9.17) is 19.1 Å². The highest BCUT2D eigenvalue weighted by atomic mass is 16.5. The minimum absolute atomic E-state index is 0.395. The second-order valence-electron chi connectivity index (χ2n) is 7.51. The maximum Gasteiger partial charge on any atom is 0.192 e. The Bertz CT molecular complexity index is 1190. The number of morpholine rings is 1. The topological polar surface area (TPSA) is 77.2 Å². The molecule has 2 aliphatic rings. The third kappa shape index (κ3) is 2.46. The average Bonchev–Trinajstić information content (AvgIpc) is 3.21. The Morgan fingerprint density at radius 2 is 1.82 bits per heavy atom. The van der Waals surface area contributed by atoms with Crippen LogP contribution < -0.4 is 4.90 Å². The summed E-state index contributed by atoms with van der Waals surface area (Å²) < 4.78 is 11.3. The lowest BCUT2D eigenvalue weighted by molar-refractivity contribution is 0.0902. The molecule has 0 spiro atoms. The molecular formula is C21H19N5O2. The molecule has 7 heteroatoms. The van der Waals surface area contributed by atoms with Crippen molar-refractivity contribution in [1.29, 1.82) is 0 Å². The summed E-state index contributed by atoms with van der Waals surface area (Å²) in [5.41, 5.74) is 4.92. The van der Waals surface area contributed by atoms with E-state index in [0.717, 1.165) is 59.7 Å². The number of rotatable bonds is 2. The summed E-state index contributed by atoms with van der Waals surface area (Å²) in [5.74, 6) is 1.56. The van der Waals surface area contributed by atoms with Gasteiger partial charge in [-0.1, -0.05) is 0 Å². The predicted molar refractivity (Wildman–Crippen MR) is 105 cm³/mol. The van der Waals surface area contributed by atoms with E-state index in [-0.39, 0.29) is 0 Å². The minimum Gasteiger partial charge on any atom is -0.441 e. The van der Waals surface area contributed by atoms with Crippen molar-refractivity contribution < 1.29 is 9.15 Å². The average molecular weight is 373 g/mol. The Labute approximate surface area is 161 Å². The number of hydrogen-bond donors (Lipinski definition) is 0. The van der Waals surface area contributed by atoms with E-state index < -0.39 is 0 Å². The molecule has 2 aliphatic heterocycles. The van der Waals surface area contributed by atoms with Crippen molar-refractivity contribution in [1.82, 2.24) is 19.9 Å². The number of benzene rings is 1. The molecule has 6 rings (SSSR count). The zero-order chi connectivity index (χ0) is 18.7. The Morgan fingerprint density at radius 3 is 2.68 bits per heavy atom. The van der Waals surface area contributed by atoms with Gasteiger partial charge in [0.15, 0.2) is 17.1 Å². The van der Waals surface area contributed by atoms with Crippen LogP contribution in [0.4, 0.5) is 5.82 Å². The number of aryl methyl sites for hydroxylation is 1. The van der Waals surface area contributed by atoms with Gasteiger partial charge in [-0.2, -0.15) is 0 Å². The lowest BCUT2D eigenvalue weighted by Crippen LogP contribution is -2.46. The fraction of sp³-hybridized carbons (Fsp3) is 0.333. The first kappa shape index (κ1) is 15.9. The molecule has 140 valence electrons. The summed E-state index contributed by atoms with van der Waals surface area (Å²) in [7, 11) is 0. The first-order chi connectivity index (χ1) is 13.7. The number of anilines is 1. The van der Waals surface area contributed by atoms with Crippen molar-refractivity contribution in [2.24, 2.45) is 0 Å². The highest BCUT2D eigenvalue weighted by Crippen LogP contribution is 2.33. The quantitative estimate of drug-likeness (QED) is 0.532. The second kappa shape index (κ2) is 5.97. The minimum atomic E-state index is 0.395. The molecule has 5 heterocycles. The van der Waals surface area contributed by atoms with Crippen LogP contribution in [-0.2, 0) is 4.74 Å². The Balaban J connectivity index is 1.42. The molecule has 4 aromatic rings. The molecule has 3 aromatic heterocycles. The molecular weight excluding hydrogens is 354 g/mol. The number of ether oxygens (including phenoxy) is 1. The molecule has 28 heavy (non-hydrogen) atoms. The summed E-state index contributed by atoms with van der Waals surface area (Å²) in [5, 5.41) is 0. The van der Waals surface area contributed by atoms with E-state index in [9.17, 15) is 0 Å². The van der Waals surface area contributed by atoms with Gasteiger partial charge in [0, 0.05) is 12.5 Å². The van der Waals surface area contributed by atoms with Crippen LogP contribution in [0.3, 0.4) is 0 Å². The first-order valence-corrected chi connectivity index (χ1v) is 9.62. The van der Waals surface area contributed by atoms with Crippen LogP contribution in [0.5, 0.6) is 0 Å². The molecule has 0 amide bonds. The van der Waals surface area contributed by atoms with Crippen molar-refractivity contribution in [2.75, 3.05) is 18.1 Å². The summed E-state index contributed by atoms with van der Waals surface area (Å²) in [6.45, 7) is 3.38. The number of fused-ring (bicyclic) bond motifs is 4. The lowest BCUT2D eigenvalue weighted by Gasteiger charge is -2.35. The van der Waals surface area contributed by atoms with E-state index in [2.05, 4.69) is 14.9 Å². The zero-order valence-corrected chi connectivity index (χ0v) is 15.5. The van der Waals surface area contributed by atoms with E-state index >= 15 is 0 Å². The predicted octanol–water partition coefficient (Wildman–Crippen LogP) is 3.51. The van der Waals surface area contributed by atoms with Crippen LogP contribution in [0.2, 0.25) is 0 Å². The maximum absolute atomic E-state index is 5.69. The normalized spacial score (nSPS) is 21.7. The third-order valence-electron chi connectivity index (χ3n) is 5.69. The van der Waals surface area contributed by atoms with Crippen LogP contribution in [0.25, 0.3) is 33.5 Å². The number of aromatic nitrogens is 4. The largest absolute Gasteiger partial charge is 0.441 e. The number of nitrogens with zero attached hydrogens (tertiary/aromatic N) is 5. The van der Waals surface area contributed by atoms with Crippen molar-refractivity contribution in [3.05, 3.63) is 42.4 Å². The zero-order valence-electron chi connectivity index (χ0n) is 15.5. The fourth-order valence-electron chi connectivity index (χ4n) is 4.38. The molecule has 2 unspecified atom stereocenters. The highest BCUT2D eigenvalue weighted by Gasteiger charge is 2.38. The smallest absolute Gasteiger partial charge is 0.192 e. The fourth-order valence-corrected chi connectivity index (χ4v) is 4.38. The van der Waals surface area contributed by atoms with Gasteiger partial charge in [0.1, 0.15) is 16.9 Å². The molecule has 7 nitrogen and oxygen atoms in total. The third-order valence-corrected chi connectivity index (χ3v) is 5.69. The first-order valence-electron chi connectivity index (χ1n) is 9.62. The summed E-state index contributed by atoms with van der Waals surface area (Å²) in [6, 6.07) is 10.7. The van der Waals surface area contributed by atoms with Gasteiger partial charge < -0.3 is 14.1 Å². The highest BCUT2D eigenvalue weighted by molar-refractivity contribution is 5.82. The van der Waals surface area contributed by atoms with Gasteiger partial charge in [-0.05, 0) is 43.2 Å². The molecule has 2 atom stereocenters. The van der Waals surface area contributed by atoms with Crippen LogP contribution in [-0.4, -0.2) is 45.2 Å². The molecule has 2 fully saturated rings. The number of hydrogen-bond acceptors (Lipinski definition) is 7. The Hall–Kier alpha value is -3.06. The summed E-state index contributed by atoms with van der Waals surface area (Å²) in [4.78, 5) is 21.0. The molecule has 2 saturated heterocycles. The summed E-state index contributed by atoms with van der Waals surface area (Å²) >= 11 is 0. The van der Waals surface area contributed by atoms with Gasteiger partial charge >= 0.3 is 0 Å². The van der Waals surface area contributed by atoms with Crippen molar-refractivity contribution in [2.45, 2.75) is 31.8 Å². The van der Waals surface area contributed by atoms with E-state index in [1.165, 1.54) is 0 Å². The summed E-state index contributed by atoms with van der Waals surface area (Å²) in [6.07, 6.45) is 4.16. The standard InChI is InChI=1S/C21H19N5O2/c1-12-23-18-8-13(2-7-19(18)28-12)16-5-6-17-21(24-16)25-20(9-22-17)26-14-3-4-15(26)11-27-10-14/h2,5-9,14-15H,3-4,10-11H2,1H3. The van der Waals surface area contributed by atoms with Crippen LogP contribution in [0.15, 0.2) is 40.9 Å². The van der Waals surface area contributed by atoms with Gasteiger partial charge in [-0.25, -0.2) is 19.9 Å². The monoisotopic (exact) mass is 373 g/mol. The Morgan fingerprint density at radius 1 is 0.964 bits per heavy atom. The maximum atomic E-state index is 5.69. The van der Waals surface area contributed by atoms with Crippen molar-refractivity contribution >= 4 is 28.1 Å². The van der Waals surface area contributed by atoms with Crippen LogP contribution in [0.1, 0.15) is 18.7 Å². The Kier molecular flexibility index (Phi) is 3.40. The van der Waals surface area contributed by atoms with E-state index in [1.807, 2.05) is 43.5 Å². The van der Waals surface area contributed by atoms with Gasteiger partial charge in [0.05, 0.1) is 37.2 Å². The van der Waals surface area contributed by atoms with Gasteiger partial charge in [-0.3, -0.25) is 0 Å². The van der Waals surface area contributed by atoms with Crippen LogP contribution >= 0.6 is 0 Å². The molecule has 2 bridgehead atoms. The lowest BCUT2D eigenvalue weighted by atomic mass is 10.1. The molecule has 0 saturated carbocycles. The molecule has 0 N–H and O–H groups in total. The molecule has 0 aliphatic carbocycles. The van der Waals surface area contributed by atoms with Gasteiger partial charge in [0.2, 0.25) is 0 Å². The van der Waals surface area contributed by atoms with Crippen molar-refractivity contribution in [3.63, 3.8) is 0 Å². The molecule has 0 radical (unpaired) electrons. The molecule has 1 aromatic carbocycles. The SMILES string of the molecule is Cc1nc2cc(-c3ccc4ncc(N5C6CCC5COC6)nc4n3)ccc2o1. The number of oxazole rings is 1. The van der Waals surface area contributed by atoms with E-state index in [0.29, 0.717) is 23.6 Å². The van der Waals surface area contributed by atoms with Crippen molar-refractivity contribution in [3.8, 4) is 11.3 Å². The van der Waals surface area contributed by atoms with Gasteiger partial charge in [-0.15, -0.1) is 0 Å². The second-order valence-corrected chi connectivity index (χ2v) is 7.51. The van der Waals surface area contributed by atoms with Crippen LogP contribution in [0, 0.1) is 6.92 Å². The van der Waals surface area contributed by atoms with E-state index in [1.54, 1.807) is 0 Å². The number of pyridine rings is 1.